The van der Waals surface area contributed by atoms with Crippen LogP contribution in [0.1, 0.15) is 41.5 Å². The molecule has 0 radical (unpaired) electrons. The highest BCUT2D eigenvalue weighted by Crippen LogP contribution is 2.61. The van der Waals surface area contributed by atoms with Crippen LogP contribution in [0, 0.1) is 20.2 Å². The summed E-state index contributed by atoms with van der Waals surface area (Å²) in [6.45, 7) is 0.0630. The molecule has 17 heteroatoms. The van der Waals surface area contributed by atoms with Gasteiger partial charge in [-0.15, -0.1) is 0 Å². The van der Waals surface area contributed by atoms with Crippen molar-refractivity contribution in [3.63, 3.8) is 0 Å². The molecule has 1 aliphatic carbocycles. The van der Waals surface area contributed by atoms with Crippen LogP contribution < -0.4 is 20.2 Å². The van der Waals surface area contributed by atoms with E-state index in [0.717, 1.165) is 22.4 Å². The number of nitro benzene ring substituents is 2. The van der Waals surface area contributed by atoms with Crippen molar-refractivity contribution in [1.82, 2.24) is 10.2 Å². The molecule has 4 atom stereocenters. The number of rotatable bonds is 13. The Bertz CT molecular complexity index is 2140. The fourth-order valence-electron chi connectivity index (χ4n) is 7.88. The average molecular weight is 848 g/mol. The smallest absolute Gasteiger partial charge is 0.318 e. The van der Waals surface area contributed by atoms with Crippen LogP contribution in [0.15, 0.2) is 94.5 Å². The first-order valence-corrected chi connectivity index (χ1v) is 19.8. The van der Waals surface area contributed by atoms with Gasteiger partial charge in [0, 0.05) is 72.5 Å². The highest BCUT2D eigenvalue weighted by atomic mass is 79.9. The number of thioether (sulfide) groups is 1. The number of halogens is 1. The lowest BCUT2D eigenvalue weighted by atomic mass is 9.64. The van der Waals surface area contributed by atoms with Gasteiger partial charge in [0.25, 0.3) is 11.4 Å². The van der Waals surface area contributed by atoms with Gasteiger partial charge in [-0.2, -0.15) is 16.9 Å². The Kier molecular flexibility index (Phi) is 11.8. The lowest BCUT2D eigenvalue weighted by Crippen LogP contribution is -2.56. The zero-order valence-corrected chi connectivity index (χ0v) is 32.4. The summed E-state index contributed by atoms with van der Waals surface area (Å²) in [7, 11) is 0. The van der Waals surface area contributed by atoms with Gasteiger partial charge in [0.1, 0.15) is 28.7 Å². The molecule has 3 aliphatic rings. The number of amides is 2. The highest BCUT2D eigenvalue weighted by molar-refractivity contribution is 9.10. The first-order valence-electron chi connectivity index (χ1n) is 18.0. The average Bonchev–Trinajstić information content (AvgIpc) is 3.47. The van der Waals surface area contributed by atoms with Crippen LogP contribution in [0.4, 0.5) is 21.9 Å². The molecular weight excluding hydrogens is 808 g/mol. The summed E-state index contributed by atoms with van der Waals surface area (Å²) in [6, 6.07) is 22.6. The van der Waals surface area contributed by atoms with Gasteiger partial charge < -0.3 is 29.9 Å². The zero-order chi connectivity index (χ0) is 39.4. The molecule has 1 saturated carbocycles. The number of aliphatic hydroxyl groups excluding tert-OH is 2. The number of benzene rings is 4. The second kappa shape index (κ2) is 16.9. The Morgan fingerprint density at radius 3 is 2.46 bits per heavy atom. The number of hydrogen-bond acceptors (Lipinski definition) is 12. The summed E-state index contributed by atoms with van der Waals surface area (Å²) in [5.74, 6) is 1.38. The van der Waals surface area contributed by atoms with E-state index in [9.17, 15) is 35.2 Å². The van der Waals surface area contributed by atoms with E-state index in [0.29, 0.717) is 52.2 Å². The van der Waals surface area contributed by atoms with E-state index in [-0.39, 0.29) is 55.6 Å². The minimum absolute atomic E-state index is 0.0215. The van der Waals surface area contributed by atoms with Crippen molar-refractivity contribution in [2.24, 2.45) is 5.10 Å². The molecule has 3 unspecified atom stereocenters. The number of hydrazone groups is 1. The molecule has 2 heterocycles. The molecule has 292 valence electrons. The molecule has 0 saturated heterocycles. The van der Waals surface area contributed by atoms with Crippen molar-refractivity contribution < 1.29 is 34.3 Å². The third-order valence-corrected chi connectivity index (χ3v) is 12.6. The summed E-state index contributed by atoms with van der Waals surface area (Å²) in [6.07, 6.45) is 0.742. The van der Waals surface area contributed by atoms with E-state index in [1.165, 1.54) is 24.3 Å². The minimum atomic E-state index is -0.736. The van der Waals surface area contributed by atoms with Crippen molar-refractivity contribution >= 4 is 56.5 Å². The maximum absolute atomic E-state index is 14.1. The first kappa shape index (κ1) is 39.0. The van der Waals surface area contributed by atoms with Crippen molar-refractivity contribution in [3.8, 4) is 11.5 Å². The van der Waals surface area contributed by atoms with Crippen LogP contribution in [0.3, 0.4) is 0 Å². The normalized spacial score (nSPS) is 21.7. The quantitative estimate of drug-likeness (QED) is 0.0827. The molecule has 4 N–H and O–H groups in total. The van der Waals surface area contributed by atoms with E-state index >= 15 is 0 Å². The van der Waals surface area contributed by atoms with Crippen molar-refractivity contribution in [1.29, 1.82) is 0 Å². The van der Waals surface area contributed by atoms with Gasteiger partial charge in [-0.25, -0.2) is 4.79 Å². The van der Waals surface area contributed by atoms with Crippen LogP contribution in [-0.2, 0) is 25.1 Å². The van der Waals surface area contributed by atoms with Crippen LogP contribution >= 0.6 is 27.7 Å². The fourth-order valence-corrected chi connectivity index (χ4v) is 9.76. The Labute approximate surface area is 334 Å². The molecule has 0 aromatic heterocycles. The predicted molar refractivity (Wildman–Crippen MR) is 214 cm³/mol. The molecule has 7 rings (SSSR count). The predicted octanol–water partition coefficient (Wildman–Crippen LogP) is 6.68. The Hall–Kier alpha value is -5.23. The molecule has 0 bridgehead atoms. The number of nitrogens with one attached hydrogen (secondary N) is 2. The maximum Gasteiger partial charge on any atom is 0.318 e. The molecule has 56 heavy (non-hydrogen) atoms. The van der Waals surface area contributed by atoms with E-state index < -0.39 is 27.4 Å². The van der Waals surface area contributed by atoms with Crippen molar-refractivity contribution in [2.75, 3.05) is 24.4 Å². The number of ether oxygens (including phenoxy) is 2. The fraction of sp³-hybridized carbons (Fsp3) is 0.333. The summed E-state index contributed by atoms with van der Waals surface area (Å²) in [4.78, 5) is 37.4. The second-order valence-electron chi connectivity index (χ2n) is 13.8. The van der Waals surface area contributed by atoms with Crippen molar-refractivity contribution in [2.45, 2.75) is 61.8 Å². The monoisotopic (exact) mass is 846 g/mol. The lowest BCUT2D eigenvalue weighted by Gasteiger charge is -2.46. The summed E-state index contributed by atoms with van der Waals surface area (Å²) in [5, 5.41) is 51.2. The highest BCUT2D eigenvalue weighted by Gasteiger charge is 2.61. The second-order valence-corrected chi connectivity index (χ2v) is 15.9. The third kappa shape index (κ3) is 7.89. The molecule has 4 aromatic carbocycles. The lowest BCUT2D eigenvalue weighted by molar-refractivity contribution is -0.385. The largest absolute Gasteiger partial charge is 0.488 e. The van der Waals surface area contributed by atoms with Crippen molar-refractivity contribution in [3.05, 3.63) is 132 Å². The Morgan fingerprint density at radius 1 is 1.00 bits per heavy atom. The number of aliphatic hydroxyl groups is 2. The van der Waals surface area contributed by atoms with Gasteiger partial charge in [-0.1, -0.05) is 42.5 Å². The van der Waals surface area contributed by atoms with E-state index in [1.54, 1.807) is 40.9 Å². The third-order valence-electron chi connectivity index (χ3n) is 10.4. The van der Waals surface area contributed by atoms with Gasteiger partial charge in [-0.3, -0.25) is 25.7 Å². The molecular formula is C39H39BrN6O9S. The van der Waals surface area contributed by atoms with Gasteiger partial charge in [0.15, 0.2) is 0 Å². The van der Waals surface area contributed by atoms with Gasteiger partial charge in [-0.05, 0) is 57.2 Å². The molecule has 2 aliphatic heterocycles. The maximum atomic E-state index is 14.1. The molecule has 1 spiro atoms. The molecule has 1 fully saturated rings. The Balaban J connectivity index is 1.27. The SMILES string of the molecule is O=C(NCc1ccccc1)N1Cc2cc(OCc3cccc([N+](=O)[O-])c3)c(Br)c3c2C2(CC1CO)C(SCCO)C/C(=N\Nc1ccc([N+](=O)[O-])cc1)C[C@H]2O3. The first-order chi connectivity index (χ1) is 27.1. The van der Waals surface area contributed by atoms with Crippen LogP contribution in [-0.4, -0.2) is 73.1 Å². The van der Waals surface area contributed by atoms with E-state index in [4.69, 9.17) is 14.6 Å². The van der Waals surface area contributed by atoms with Gasteiger partial charge in [0.2, 0.25) is 0 Å². The molecule has 15 nitrogen and oxygen atoms in total. The van der Waals surface area contributed by atoms with Crippen LogP contribution in [0.5, 0.6) is 11.5 Å². The number of anilines is 1. The van der Waals surface area contributed by atoms with Gasteiger partial charge in [0.05, 0.1) is 40.2 Å². The molecule has 2 amide bonds. The number of nitro groups is 2. The van der Waals surface area contributed by atoms with Crippen LogP contribution in [0.2, 0.25) is 0 Å². The summed E-state index contributed by atoms with van der Waals surface area (Å²) < 4.78 is 13.8. The standard InChI is InChI=1S/C39H39BrN6O9S/c40-36-32(54-23-25-7-4-8-30(15-25)46(52)53)16-26-21-44(38(49)41-20-24-5-2-1-3-6-24)31(22-48)19-39-33(55-37(36)35(26)39)17-28(18-34(39)56-14-13-47)43-42-27-9-11-29(12-10-27)45(50)51/h1-12,15-16,31,33-34,42,47-48H,13-14,17-23H2,(H,41,49)/b43-28-/t31?,33-,34?,39?/m1/s1. The summed E-state index contributed by atoms with van der Waals surface area (Å²) >= 11 is 5.35. The topological polar surface area (TPSA) is 202 Å². The molecule has 4 aromatic rings. The number of carbonyl (C=O) groups excluding carboxylic acids is 1. The number of carbonyl (C=O) groups is 1. The number of non-ortho nitro benzene ring substituents is 2. The summed E-state index contributed by atoms with van der Waals surface area (Å²) in [5.41, 5.74) is 6.74. The number of nitrogens with zero attached hydrogens (tertiary/aromatic N) is 4. The zero-order valence-electron chi connectivity index (χ0n) is 30.0. The number of urea groups is 1. The van der Waals surface area contributed by atoms with Crippen LogP contribution in [0.25, 0.3) is 0 Å². The minimum Gasteiger partial charge on any atom is -0.488 e. The van der Waals surface area contributed by atoms with E-state index in [2.05, 4.69) is 26.7 Å². The van der Waals surface area contributed by atoms with E-state index in [1.807, 2.05) is 36.4 Å². The number of hydrogen-bond donors (Lipinski definition) is 4. The Morgan fingerprint density at radius 2 is 1.75 bits per heavy atom. The van der Waals surface area contributed by atoms with Gasteiger partial charge >= 0.3 is 6.03 Å².